The predicted octanol–water partition coefficient (Wildman–Crippen LogP) is 7.63. The van der Waals surface area contributed by atoms with Crippen LogP contribution in [0.2, 0.25) is 0 Å². The number of rotatable bonds is 12. The summed E-state index contributed by atoms with van der Waals surface area (Å²) >= 11 is 3.47. The maximum absolute atomic E-state index is 13.5. The molecule has 0 aliphatic rings. The van der Waals surface area contributed by atoms with Crippen molar-refractivity contribution in [2.24, 2.45) is 0 Å². The van der Waals surface area contributed by atoms with Crippen LogP contribution in [-0.4, -0.2) is 29.7 Å². The molecule has 0 aliphatic heterocycles. The molecule has 2 unspecified atom stereocenters. The van der Waals surface area contributed by atoms with Crippen LogP contribution in [0.1, 0.15) is 45.8 Å². The molecular weight excluding hydrogens is 492 g/mol. The molecule has 0 spiro atoms. The third-order valence-corrected chi connectivity index (χ3v) is 8.15. The molecule has 0 radical (unpaired) electrons. The second-order valence-electron chi connectivity index (χ2n) is 8.81. The largest absolute Gasteiger partial charge is 0.300 e. The Kier molecular flexibility index (Phi) is 10.7. The number of Topliss-reactive ketones (excluding diaryl/α,β-unsaturated/α-hetero) is 1. The molecule has 2 aromatic heterocycles. The average molecular weight is 525 g/mol. The first-order chi connectivity index (χ1) is 16.6. The molecule has 0 bridgehead atoms. The Morgan fingerprint density at radius 2 is 1.06 bits per heavy atom. The van der Waals surface area contributed by atoms with Gasteiger partial charge in [0.25, 0.3) is 0 Å². The third kappa shape index (κ3) is 7.86. The van der Waals surface area contributed by atoms with E-state index in [1.807, 2.05) is 12.1 Å². The van der Waals surface area contributed by atoms with Crippen LogP contribution < -0.4 is 0 Å². The Balaban J connectivity index is 0.00000342. The second-order valence-corrected chi connectivity index (χ2v) is 10.8. The van der Waals surface area contributed by atoms with Crippen molar-refractivity contribution in [3.63, 3.8) is 0 Å². The summed E-state index contributed by atoms with van der Waals surface area (Å²) in [6.45, 7) is 1.64. The summed E-state index contributed by atoms with van der Waals surface area (Å²) in [5, 5.41) is 4.20. The minimum Gasteiger partial charge on any atom is -0.300 e. The topological polar surface area (TPSA) is 23.6 Å². The van der Waals surface area contributed by atoms with Crippen molar-refractivity contribution in [1.29, 1.82) is 0 Å². The molecule has 0 amide bonds. The first-order valence-electron chi connectivity index (χ1n) is 11.7. The van der Waals surface area contributed by atoms with Gasteiger partial charge in [0.1, 0.15) is 5.78 Å². The van der Waals surface area contributed by atoms with Crippen molar-refractivity contribution in [2.75, 3.05) is 14.1 Å². The van der Waals surface area contributed by atoms with Gasteiger partial charge in [-0.1, -0.05) is 72.8 Å². The monoisotopic (exact) mass is 524 g/mol. The molecule has 184 valence electrons. The summed E-state index contributed by atoms with van der Waals surface area (Å²) in [5.74, 6) is 0.302. The fraction of sp³-hybridized carbons (Fsp3) is 0.276. The Morgan fingerprint density at radius 1 is 0.657 bits per heavy atom. The summed E-state index contributed by atoms with van der Waals surface area (Å²) < 4.78 is 0. The van der Waals surface area contributed by atoms with Gasteiger partial charge < -0.3 is 0 Å². The summed E-state index contributed by atoms with van der Waals surface area (Å²) in [6.07, 6.45) is 1.04. The third-order valence-electron chi connectivity index (χ3n) is 6.20. The van der Waals surface area contributed by atoms with Crippen molar-refractivity contribution in [3.8, 4) is 0 Å². The van der Waals surface area contributed by atoms with Crippen molar-refractivity contribution >= 4 is 40.9 Å². The number of ketones is 1. The average Bonchev–Trinajstić information content (AvgIpc) is 3.57. The Hall–Kier alpha value is -2.28. The summed E-state index contributed by atoms with van der Waals surface area (Å²) in [4.78, 5) is 20.6. The van der Waals surface area contributed by atoms with Crippen LogP contribution in [0.4, 0.5) is 0 Å². The van der Waals surface area contributed by atoms with Crippen molar-refractivity contribution < 1.29 is 4.79 Å². The van der Waals surface area contributed by atoms with Crippen molar-refractivity contribution in [3.05, 3.63) is 117 Å². The van der Waals surface area contributed by atoms with Gasteiger partial charge in [-0.05, 0) is 48.1 Å². The quantitative estimate of drug-likeness (QED) is 0.190. The van der Waals surface area contributed by atoms with E-state index < -0.39 is 0 Å². The molecule has 4 aromatic rings. The molecule has 0 fully saturated rings. The van der Waals surface area contributed by atoms with Crippen LogP contribution in [-0.2, 0) is 17.9 Å². The van der Waals surface area contributed by atoms with Crippen LogP contribution >= 0.6 is 35.1 Å². The van der Waals surface area contributed by atoms with Gasteiger partial charge in [-0.15, -0.1) is 35.1 Å². The van der Waals surface area contributed by atoms with Crippen LogP contribution in [0.3, 0.4) is 0 Å². The summed E-state index contributed by atoms with van der Waals surface area (Å²) in [5.41, 5.74) is 2.52. The standard InChI is InChI=1S/C29H32N2OS2.ClH/c1-30(21-23-11-5-3-6-12-23)26(28-15-9-17-33-28)19-25(32)20-27(29-16-10-18-34-29)31(2)22-24-13-7-4-8-14-24;/h3-18,26-27H,19-22H2,1-2H3;1H. The Morgan fingerprint density at radius 3 is 1.40 bits per heavy atom. The SMILES string of the molecule is CN(Cc1ccccc1)C(CC(=O)CC(c1cccs1)N(C)Cc1ccccc1)c1cccs1.Cl. The lowest BCUT2D eigenvalue weighted by Crippen LogP contribution is -2.29. The lowest BCUT2D eigenvalue weighted by atomic mass is 9.99. The van der Waals surface area contributed by atoms with Crippen molar-refractivity contribution in [2.45, 2.75) is 38.0 Å². The van der Waals surface area contributed by atoms with E-state index >= 15 is 0 Å². The number of hydrogen-bond donors (Lipinski definition) is 0. The molecule has 2 heterocycles. The lowest BCUT2D eigenvalue weighted by Gasteiger charge is -2.30. The molecule has 2 atom stereocenters. The highest BCUT2D eigenvalue weighted by Gasteiger charge is 2.26. The van der Waals surface area contributed by atoms with E-state index in [2.05, 4.69) is 107 Å². The number of halogens is 1. The van der Waals surface area contributed by atoms with E-state index in [4.69, 9.17) is 0 Å². The van der Waals surface area contributed by atoms with E-state index in [-0.39, 0.29) is 24.5 Å². The molecule has 2 aromatic carbocycles. The van der Waals surface area contributed by atoms with E-state index in [0.29, 0.717) is 18.6 Å². The normalized spacial score (nSPS) is 12.9. The molecule has 6 heteroatoms. The minimum absolute atomic E-state index is 0. The number of hydrogen-bond acceptors (Lipinski definition) is 5. The smallest absolute Gasteiger partial charge is 0.136 e. The minimum atomic E-state index is 0. The van der Waals surface area contributed by atoms with Gasteiger partial charge in [0.2, 0.25) is 0 Å². The maximum Gasteiger partial charge on any atom is 0.136 e. The zero-order valence-corrected chi connectivity index (χ0v) is 22.7. The van der Waals surface area contributed by atoms with E-state index in [1.165, 1.54) is 20.9 Å². The Labute approximate surface area is 223 Å². The van der Waals surface area contributed by atoms with Gasteiger partial charge in [-0.3, -0.25) is 14.6 Å². The first kappa shape index (κ1) is 27.3. The fourth-order valence-corrected chi connectivity index (χ4v) is 6.17. The number of nitrogens with zero attached hydrogens (tertiary/aromatic N) is 2. The summed E-state index contributed by atoms with van der Waals surface area (Å²) in [6, 6.07) is 29.6. The van der Waals surface area contributed by atoms with Gasteiger partial charge in [0.05, 0.1) is 12.1 Å². The van der Waals surface area contributed by atoms with E-state index in [1.54, 1.807) is 22.7 Å². The number of carbonyl (C=O) groups is 1. The maximum atomic E-state index is 13.5. The fourth-order valence-electron chi connectivity index (χ4n) is 4.39. The number of benzene rings is 2. The highest BCUT2D eigenvalue weighted by atomic mass is 35.5. The molecule has 4 rings (SSSR count). The van der Waals surface area contributed by atoms with Gasteiger partial charge in [-0.2, -0.15) is 0 Å². The molecule has 3 nitrogen and oxygen atoms in total. The molecule has 0 N–H and O–H groups in total. The predicted molar refractivity (Wildman–Crippen MR) is 151 cm³/mol. The van der Waals surface area contributed by atoms with Crippen LogP contribution in [0.15, 0.2) is 95.7 Å². The number of carbonyl (C=O) groups excluding carboxylic acids is 1. The van der Waals surface area contributed by atoms with Gasteiger partial charge in [0.15, 0.2) is 0 Å². The van der Waals surface area contributed by atoms with Gasteiger partial charge in [-0.25, -0.2) is 0 Å². The van der Waals surface area contributed by atoms with E-state index in [9.17, 15) is 4.79 Å². The highest BCUT2D eigenvalue weighted by Crippen LogP contribution is 2.33. The van der Waals surface area contributed by atoms with Crippen LogP contribution in [0, 0.1) is 0 Å². The van der Waals surface area contributed by atoms with Gasteiger partial charge in [0, 0.05) is 35.7 Å². The van der Waals surface area contributed by atoms with Crippen LogP contribution in [0.25, 0.3) is 0 Å². The molecule has 0 saturated heterocycles. The zero-order valence-electron chi connectivity index (χ0n) is 20.2. The first-order valence-corrected chi connectivity index (χ1v) is 13.4. The number of thiophene rings is 2. The van der Waals surface area contributed by atoms with E-state index in [0.717, 1.165) is 13.1 Å². The van der Waals surface area contributed by atoms with Gasteiger partial charge >= 0.3 is 0 Å². The molecule has 0 saturated carbocycles. The summed E-state index contributed by atoms with van der Waals surface area (Å²) in [7, 11) is 4.26. The zero-order chi connectivity index (χ0) is 23.8. The second kappa shape index (κ2) is 13.7. The lowest BCUT2D eigenvalue weighted by molar-refractivity contribution is -0.121. The Bertz CT molecular complexity index is 1030. The van der Waals surface area contributed by atoms with Crippen molar-refractivity contribution in [1.82, 2.24) is 9.80 Å². The molecule has 0 aliphatic carbocycles. The van der Waals surface area contributed by atoms with Crippen LogP contribution in [0.5, 0.6) is 0 Å². The molecular formula is C29H33ClN2OS2. The highest BCUT2D eigenvalue weighted by molar-refractivity contribution is 7.10. The molecule has 35 heavy (non-hydrogen) atoms.